The average molecular weight is 421 g/mol. The number of carbonyl (C=O) groups excluding carboxylic acids is 3. The number of aromatic amines is 1. The second kappa shape index (κ2) is 9.71. The molecular formula is C23H23N3O5. The van der Waals surface area contributed by atoms with E-state index in [1.54, 1.807) is 55.5 Å². The van der Waals surface area contributed by atoms with Crippen LogP contribution in [0, 0.1) is 13.8 Å². The summed E-state index contributed by atoms with van der Waals surface area (Å²) in [5.41, 5.74) is 3.93. The quantitative estimate of drug-likeness (QED) is 0.563. The molecule has 0 saturated heterocycles. The first-order valence-corrected chi connectivity index (χ1v) is 9.75. The van der Waals surface area contributed by atoms with Crippen LogP contribution in [0.5, 0.6) is 0 Å². The smallest absolute Gasteiger partial charge is 0.338 e. The molecule has 31 heavy (non-hydrogen) atoms. The summed E-state index contributed by atoms with van der Waals surface area (Å²) in [6.45, 7) is 5.44. The molecule has 0 atom stereocenters. The van der Waals surface area contributed by atoms with E-state index in [2.05, 4.69) is 15.3 Å². The molecular weight excluding hydrogens is 398 g/mol. The van der Waals surface area contributed by atoms with Gasteiger partial charge < -0.3 is 19.8 Å². The van der Waals surface area contributed by atoms with Crippen LogP contribution in [0.3, 0.4) is 0 Å². The molecule has 2 aromatic carbocycles. The van der Waals surface area contributed by atoms with E-state index in [-0.39, 0.29) is 6.61 Å². The van der Waals surface area contributed by atoms with Gasteiger partial charge in [0.1, 0.15) is 5.82 Å². The van der Waals surface area contributed by atoms with Crippen molar-refractivity contribution in [2.45, 2.75) is 20.8 Å². The van der Waals surface area contributed by atoms with E-state index in [4.69, 9.17) is 9.47 Å². The Balaban J connectivity index is 1.52. The van der Waals surface area contributed by atoms with Gasteiger partial charge in [-0.2, -0.15) is 0 Å². The maximum Gasteiger partial charge on any atom is 0.338 e. The lowest BCUT2D eigenvalue weighted by atomic mass is 10.1. The molecule has 0 fully saturated rings. The van der Waals surface area contributed by atoms with Gasteiger partial charge in [0.2, 0.25) is 0 Å². The molecule has 0 radical (unpaired) electrons. The third-order valence-electron chi connectivity index (χ3n) is 4.54. The summed E-state index contributed by atoms with van der Waals surface area (Å²) in [5.74, 6) is -0.803. The topological polar surface area (TPSA) is 110 Å². The molecule has 8 heteroatoms. The highest BCUT2D eigenvalue weighted by Crippen LogP contribution is 2.18. The summed E-state index contributed by atoms with van der Waals surface area (Å²) in [7, 11) is 0. The van der Waals surface area contributed by atoms with Gasteiger partial charge in [-0.3, -0.25) is 4.79 Å². The lowest BCUT2D eigenvalue weighted by Gasteiger charge is -2.08. The number of benzene rings is 2. The van der Waals surface area contributed by atoms with Crippen molar-refractivity contribution >= 4 is 23.5 Å². The van der Waals surface area contributed by atoms with Crippen molar-refractivity contribution in [3.63, 3.8) is 0 Å². The highest BCUT2D eigenvalue weighted by Gasteiger charge is 2.12. The van der Waals surface area contributed by atoms with E-state index in [0.29, 0.717) is 16.8 Å². The minimum Gasteiger partial charge on any atom is -0.462 e. The summed E-state index contributed by atoms with van der Waals surface area (Å²) < 4.78 is 9.98. The Kier molecular flexibility index (Phi) is 6.81. The molecule has 160 valence electrons. The van der Waals surface area contributed by atoms with Gasteiger partial charge >= 0.3 is 11.9 Å². The fourth-order valence-electron chi connectivity index (χ4n) is 2.76. The first-order valence-electron chi connectivity index (χ1n) is 9.75. The van der Waals surface area contributed by atoms with Crippen LogP contribution in [0.25, 0.3) is 11.4 Å². The number of amides is 1. The molecule has 1 heterocycles. The number of ether oxygens (including phenoxy) is 2. The molecule has 0 saturated carbocycles. The summed E-state index contributed by atoms with van der Waals surface area (Å²) in [6.07, 6.45) is 0. The normalized spacial score (nSPS) is 10.4. The molecule has 0 aliphatic carbocycles. The van der Waals surface area contributed by atoms with Gasteiger partial charge in [-0.05, 0) is 57.2 Å². The Hall–Kier alpha value is -3.94. The van der Waals surface area contributed by atoms with Crippen LogP contribution in [-0.4, -0.2) is 41.0 Å². The summed E-state index contributed by atoms with van der Waals surface area (Å²) in [4.78, 5) is 43.5. The number of aromatic nitrogens is 2. The predicted molar refractivity (Wildman–Crippen MR) is 115 cm³/mol. The van der Waals surface area contributed by atoms with Crippen LogP contribution in [0.4, 0.5) is 5.69 Å². The lowest BCUT2D eigenvalue weighted by Crippen LogP contribution is -2.21. The summed E-state index contributed by atoms with van der Waals surface area (Å²) in [5, 5.41) is 2.60. The molecule has 0 aliphatic rings. The van der Waals surface area contributed by atoms with Crippen LogP contribution in [0.15, 0.2) is 48.5 Å². The fraction of sp³-hybridized carbons (Fsp3) is 0.217. The minimum absolute atomic E-state index is 0.285. The molecule has 3 aromatic rings. The van der Waals surface area contributed by atoms with Crippen LogP contribution < -0.4 is 5.32 Å². The SMILES string of the molecule is CCOC(=O)c1ccc(NC(=O)COC(=O)c2ccc(-c3nc(C)c(C)[nH]3)cc2)cc1. The number of nitrogens with one attached hydrogen (secondary N) is 2. The Morgan fingerprint density at radius 1 is 0.903 bits per heavy atom. The van der Waals surface area contributed by atoms with Gasteiger partial charge in [-0.25, -0.2) is 14.6 Å². The number of imidazole rings is 1. The van der Waals surface area contributed by atoms with Gasteiger partial charge in [-0.15, -0.1) is 0 Å². The predicted octanol–water partition coefficient (Wildman–Crippen LogP) is 3.67. The number of hydrogen-bond donors (Lipinski definition) is 2. The Bertz CT molecular complexity index is 1070. The van der Waals surface area contributed by atoms with Crippen molar-refractivity contribution in [1.82, 2.24) is 9.97 Å². The van der Waals surface area contributed by atoms with Gasteiger partial charge in [0, 0.05) is 16.9 Å². The average Bonchev–Trinajstić information content (AvgIpc) is 3.11. The molecule has 1 amide bonds. The Morgan fingerprint density at radius 3 is 2.03 bits per heavy atom. The van der Waals surface area contributed by atoms with Crippen LogP contribution >= 0.6 is 0 Å². The highest BCUT2D eigenvalue weighted by atomic mass is 16.5. The molecule has 0 unspecified atom stereocenters. The molecule has 3 rings (SSSR count). The van der Waals surface area contributed by atoms with Crippen molar-refractivity contribution in [2.24, 2.45) is 0 Å². The molecule has 2 N–H and O–H groups in total. The number of anilines is 1. The number of hydrogen-bond acceptors (Lipinski definition) is 6. The zero-order valence-corrected chi connectivity index (χ0v) is 17.5. The van der Waals surface area contributed by atoms with Crippen LogP contribution in [0.2, 0.25) is 0 Å². The van der Waals surface area contributed by atoms with Gasteiger partial charge in [0.15, 0.2) is 6.61 Å². The van der Waals surface area contributed by atoms with E-state index in [1.165, 1.54) is 0 Å². The first kappa shape index (κ1) is 21.8. The highest BCUT2D eigenvalue weighted by molar-refractivity contribution is 5.96. The standard InChI is InChI=1S/C23H23N3O5/c1-4-30-22(28)18-9-11-19(12-10-18)26-20(27)13-31-23(29)17-7-5-16(6-8-17)21-24-14(2)15(3)25-21/h5-12H,4,13H2,1-3H3,(H,24,25)(H,26,27). The van der Waals surface area contributed by atoms with E-state index in [0.717, 1.165) is 22.8 Å². The van der Waals surface area contributed by atoms with Gasteiger partial charge in [0.05, 0.1) is 23.4 Å². The summed E-state index contributed by atoms with van der Waals surface area (Å²) in [6, 6.07) is 13.0. The Labute approximate surface area is 179 Å². The van der Waals surface area contributed by atoms with E-state index < -0.39 is 24.5 Å². The van der Waals surface area contributed by atoms with Crippen LogP contribution in [-0.2, 0) is 14.3 Å². The molecule has 0 spiro atoms. The van der Waals surface area contributed by atoms with Crippen molar-refractivity contribution in [2.75, 3.05) is 18.5 Å². The molecule has 0 aliphatic heterocycles. The largest absolute Gasteiger partial charge is 0.462 e. The first-order chi connectivity index (χ1) is 14.9. The maximum atomic E-state index is 12.2. The molecule has 1 aromatic heterocycles. The minimum atomic E-state index is -0.605. The summed E-state index contributed by atoms with van der Waals surface area (Å²) >= 11 is 0. The van der Waals surface area contributed by atoms with Crippen molar-refractivity contribution in [1.29, 1.82) is 0 Å². The van der Waals surface area contributed by atoms with Crippen molar-refractivity contribution < 1.29 is 23.9 Å². The van der Waals surface area contributed by atoms with E-state index >= 15 is 0 Å². The van der Waals surface area contributed by atoms with Crippen molar-refractivity contribution in [3.05, 3.63) is 71.0 Å². The number of esters is 2. The number of nitrogens with zero attached hydrogens (tertiary/aromatic N) is 1. The molecule has 8 nitrogen and oxygen atoms in total. The zero-order chi connectivity index (χ0) is 22.4. The fourth-order valence-corrected chi connectivity index (χ4v) is 2.76. The van der Waals surface area contributed by atoms with E-state index in [9.17, 15) is 14.4 Å². The second-order valence-electron chi connectivity index (χ2n) is 6.80. The Morgan fingerprint density at radius 2 is 1.48 bits per heavy atom. The zero-order valence-electron chi connectivity index (χ0n) is 17.5. The number of carbonyl (C=O) groups is 3. The van der Waals surface area contributed by atoms with Crippen LogP contribution in [0.1, 0.15) is 39.0 Å². The number of aryl methyl sites for hydroxylation is 2. The van der Waals surface area contributed by atoms with E-state index in [1.807, 2.05) is 13.8 Å². The number of H-pyrrole nitrogens is 1. The van der Waals surface area contributed by atoms with Gasteiger partial charge in [0.25, 0.3) is 5.91 Å². The maximum absolute atomic E-state index is 12.2. The lowest BCUT2D eigenvalue weighted by molar-refractivity contribution is -0.119. The third-order valence-corrected chi connectivity index (χ3v) is 4.54. The van der Waals surface area contributed by atoms with Gasteiger partial charge in [-0.1, -0.05) is 12.1 Å². The number of rotatable bonds is 7. The molecule has 0 bridgehead atoms. The van der Waals surface area contributed by atoms with Crippen molar-refractivity contribution in [3.8, 4) is 11.4 Å². The third kappa shape index (κ3) is 5.57. The second-order valence-corrected chi connectivity index (χ2v) is 6.80. The monoisotopic (exact) mass is 421 g/mol.